The van der Waals surface area contributed by atoms with E-state index in [4.69, 9.17) is 4.74 Å². The first-order chi connectivity index (χ1) is 10.8. The zero-order chi connectivity index (χ0) is 16.8. The standard InChI is InChI=1S/C16H19N3O4/c1-10-8-18(9-16(2,3)23-10)15(20)13-7-17-14-6-11(19(21)22)4-5-12(13)14/h4-7,10,17H,8-9H2,1-3H3. The quantitative estimate of drug-likeness (QED) is 0.681. The Kier molecular flexibility index (Phi) is 3.60. The number of carbonyl (C=O) groups excluding carboxylic acids is 1. The van der Waals surface area contributed by atoms with Gasteiger partial charge in [0, 0.05) is 36.8 Å². The largest absolute Gasteiger partial charge is 0.369 e. The molecule has 0 aliphatic carbocycles. The van der Waals surface area contributed by atoms with Crippen LogP contribution in [-0.4, -0.2) is 45.5 Å². The summed E-state index contributed by atoms with van der Waals surface area (Å²) in [5.74, 6) is -0.0895. The number of amides is 1. The second kappa shape index (κ2) is 5.34. The lowest BCUT2D eigenvalue weighted by atomic mass is 10.0. The summed E-state index contributed by atoms with van der Waals surface area (Å²) in [6, 6.07) is 4.48. The Morgan fingerprint density at radius 1 is 1.48 bits per heavy atom. The third-order valence-corrected chi connectivity index (χ3v) is 3.96. The lowest BCUT2D eigenvalue weighted by Gasteiger charge is -2.41. The van der Waals surface area contributed by atoms with Crippen molar-refractivity contribution in [2.24, 2.45) is 0 Å². The Morgan fingerprint density at radius 3 is 2.87 bits per heavy atom. The number of benzene rings is 1. The van der Waals surface area contributed by atoms with Crippen LogP contribution in [0, 0.1) is 10.1 Å². The van der Waals surface area contributed by atoms with E-state index in [-0.39, 0.29) is 17.7 Å². The number of carbonyl (C=O) groups is 1. The lowest BCUT2D eigenvalue weighted by Crippen LogP contribution is -2.53. The summed E-state index contributed by atoms with van der Waals surface area (Å²) in [5, 5.41) is 11.5. The van der Waals surface area contributed by atoms with Crippen LogP contribution < -0.4 is 0 Å². The average molecular weight is 317 g/mol. The first-order valence-electron chi connectivity index (χ1n) is 7.49. The van der Waals surface area contributed by atoms with Crippen LogP contribution in [-0.2, 0) is 4.74 Å². The van der Waals surface area contributed by atoms with Crippen molar-refractivity contribution in [3.63, 3.8) is 0 Å². The SMILES string of the molecule is CC1CN(C(=O)c2c[nH]c3cc([N+](=O)[O-])ccc23)CC(C)(C)O1. The highest BCUT2D eigenvalue weighted by atomic mass is 16.6. The Morgan fingerprint density at radius 2 is 2.22 bits per heavy atom. The van der Waals surface area contributed by atoms with Gasteiger partial charge in [-0.1, -0.05) is 0 Å². The molecule has 1 fully saturated rings. The van der Waals surface area contributed by atoms with Crippen LogP contribution in [0.25, 0.3) is 10.9 Å². The monoisotopic (exact) mass is 317 g/mol. The van der Waals surface area contributed by atoms with Crippen LogP contribution in [0.5, 0.6) is 0 Å². The number of rotatable bonds is 2. The maximum atomic E-state index is 12.8. The van der Waals surface area contributed by atoms with E-state index < -0.39 is 10.5 Å². The third-order valence-electron chi connectivity index (χ3n) is 3.96. The number of nitro benzene ring substituents is 1. The van der Waals surface area contributed by atoms with E-state index >= 15 is 0 Å². The maximum absolute atomic E-state index is 12.8. The maximum Gasteiger partial charge on any atom is 0.271 e. The van der Waals surface area contributed by atoms with Crippen LogP contribution >= 0.6 is 0 Å². The van der Waals surface area contributed by atoms with Gasteiger partial charge < -0.3 is 14.6 Å². The predicted molar refractivity (Wildman–Crippen MR) is 85.5 cm³/mol. The molecule has 0 saturated carbocycles. The molecule has 0 bridgehead atoms. The Labute approximate surface area is 133 Å². The summed E-state index contributed by atoms with van der Waals surface area (Å²) in [4.78, 5) is 28.0. The number of nitro groups is 1. The smallest absolute Gasteiger partial charge is 0.271 e. The first-order valence-corrected chi connectivity index (χ1v) is 7.49. The van der Waals surface area contributed by atoms with Crippen molar-refractivity contribution >= 4 is 22.5 Å². The highest BCUT2D eigenvalue weighted by molar-refractivity contribution is 6.07. The molecule has 1 N–H and O–H groups in total. The lowest BCUT2D eigenvalue weighted by molar-refractivity contribution is -0.384. The van der Waals surface area contributed by atoms with Crippen molar-refractivity contribution in [1.29, 1.82) is 0 Å². The molecule has 2 heterocycles. The van der Waals surface area contributed by atoms with Gasteiger partial charge in [-0.2, -0.15) is 0 Å². The minimum Gasteiger partial charge on any atom is -0.369 e. The topological polar surface area (TPSA) is 88.5 Å². The molecular weight excluding hydrogens is 298 g/mol. The molecule has 7 heteroatoms. The van der Waals surface area contributed by atoms with Crippen molar-refractivity contribution in [2.45, 2.75) is 32.5 Å². The minimum atomic E-state index is -0.450. The number of nitrogens with zero attached hydrogens (tertiary/aromatic N) is 2. The van der Waals surface area contributed by atoms with Gasteiger partial charge in [-0.15, -0.1) is 0 Å². The molecule has 1 aliphatic rings. The first kappa shape index (κ1) is 15.5. The van der Waals surface area contributed by atoms with Gasteiger partial charge in [0.15, 0.2) is 0 Å². The fourth-order valence-electron chi connectivity index (χ4n) is 3.18. The number of H-pyrrole nitrogens is 1. The second-order valence-electron chi connectivity index (χ2n) is 6.56. The van der Waals surface area contributed by atoms with E-state index in [2.05, 4.69) is 4.98 Å². The third kappa shape index (κ3) is 2.92. The van der Waals surface area contributed by atoms with Gasteiger partial charge in [0.1, 0.15) is 0 Å². The van der Waals surface area contributed by atoms with E-state index in [0.29, 0.717) is 29.6 Å². The molecule has 1 aromatic carbocycles. The number of aromatic nitrogens is 1. The van der Waals surface area contributed by atoms with E-state index in [1.54, 1.807) is 17.2 Å². The molecule has 2 aromatic rings. The number of ether oxygens (including phenoxy) is 1. The number of morpholine rings is 1. The molecule has 1 amide bonds. The predicted octanol–water partition coefficient (Wildman–Crippen LogP) is 2.72. The number of hydrogen-bond donors (Lipinski definition) is 1. The molecule has 1 atom stereocenters. The zero-order valence-corrected chi connectivity index (χ0v) is 13.3. The highest BCUT2D eigenvalue weighted by Gasteiger charge is 2.34. The fourth-order valence-corrected chi connectivity index (χ4v) is 3.18. The summed E-state index contributed by atoms with van der Waals surface area (Å²) in [6.45, 7) is 6.90. The van der Waals surface area contributed by atoms with Crippen molar-refractivity contribution in [3.05, 3.63) is 40.1 Å². The number of fused-ring (bicyclic) bond motifs is 1. The van der Waals surface area contributed by atoms with Crippen molar-refractivity contribution in [1.82, 2.24) is 9.88 Å². The van der Waals surface area contributed by atoms with Crippen molar-refractivity contribution < 1.29 is 14.5 Å². The number of aromatic amines is 1. The van der Waals surface area contributed by atoms with Gasteiger partial charge in [-0.05, 0) is 26.8 Å². The van der Waals surface area contributed by atoms with Crippen LogP contribution in [0.4, 0.5) is 5.69 Å². The molecule has 23 heavy (non-hydrogen) atoms. The molecular formula is C16H19N3O4. The minimum absolute atomic E-state index is 0.000484. The van der Waals surface area contributed by atoms with Gasteiger partial charge in [0.25, 0.3) is 11.6 Å². The zero-order valence-electron chi connectivity index (χ0n) is 13.3. The normalized spacial score (nSPS) is 20.7. The average Bonchev–Trinajstić information content (AvgIpc) is 2.87. The number of hydrogen-bond acceptors (Lipinski definition) is 4. The number of nitrogens with one attached hydrogen (secondary N) is 1. The second-order valence-corrected chi connectivity index (χ2v) is 6.56. The van der Waals surface area contributed by atoms with Gasteiger partial charge in [-0.3, -0.25) is 14.9 Å². The summed E-state index contributed by atoms with van der Waals surface area (Å²) in [5.41, 5.74) is 0.723. The fraction of sp³-hybridized carbons (Fsp3) is 0.438. The summed E-state index contributed by atoms with van der Waals surface area (Å²) in [6.07, 6.45) is 1.58. The molecule has 0 radical (unpaired) electrons. The van der Waals surface area contributed by atoms with Gasteiger partial charge in [-0.25, -0.2) is 0 Å². The highest BCUT2D eigenvalue weighted by Crippen LogP contribution is 2.27. The molecule has 1 aliphatic heterocycles. The van der Waals surface area contributed by atoms with E-state index in [1.165, 1.54) is 12.1 Å². The summed E-state index contributed by atoms with van der Waals surface area (Å²) < 4.78 is 5.82. The van der Waals surface area contributed by atoms with Crippen LogP contribution in [0.1, 0.15) is 31.1 Å². The van der Waals surface area contributed by atoms with Crippen molar-refractivity contribution in [3.8, 4) is 0 Å². The number of non-ortho nitro benzene ring substituents is 1. The molecule has 1 saturated heterocycles. The van der Waals surface area contributed by atoms with Gasteiger partial charge >= 0.3 is 0 Å². The molecule has 1 unspecified atom stereocenters. The molecule has 7 nitrogen and oxygen atoms in total. The van der Waals surface area contributed by atoms with E-state index in [1.807, 2.05) is 20.8 Å². The van der Waals surface area contributed by atoms with E-state index in [0.717, 1.165) is 0 Å². The van der Waals surface area contributed by atoms with Crippen LogP contribution in [0.15, 0.2) is 24.4 Å². The molecule has 122 valence electrons. The molecule has 1 aromatic heterocycles. The summed E-state index contributed by atoms with van der Waals surface area (Å²) in [7, 11) is 0. The van der Waals surface area contributed by atoms with Crippen LogP contribution in [0.3, 0.4) is 0 Å². The summed E-state index contributed by atoms with van der Waals surface area (Å²) >= 11 is 0. The van der Waals surface area contributed by atoms with Gasteiger partial charge in [0.2, 0.25) is 0 Å². The Balaban J connectivity index is 1.93. The molecule has 0 spiro atoms. The Hall–Kier alpha value is -2.41. The van der Waals surface area contributed by atoms with Crippen molar-refractivity contribution in [2.75, 3.05) is 13.1 Å². The Bertz CT molecular complexity index is 781. The van der Waals surface area contributed by atoms with Crippen LogP contribution in [0.2, 0.25) is 0 Å². The van der Waals surface area contributed by atoms with Gasteiger partial charge in [0.05, 0.1) is 27.7 Å². The molecule has 3 rings (SSSR count). The van der Waals surface area contributed by atoms with E-state index in [9.17, 15) is 14.9 Å².